The molecule has 0 aliphatic rings. The summed E-state index contributed by atoms with van der Waals surface area (Å²) in [6.07, 6.45) is 1.73. The molecule has 0 atom stereocenters. The number of nitrogens with zero attached hydrogens (tertiary/aromatic N) is 3. The molecular formula is C11H8ClN5O. The fourth-order valence-corrected chi connectivity index (χ4v) is 1.75. The molecule has 0 spiro atoms. The topological polar surface area (TPSA) is 89.7 Å². The molecule has 0 saturated heterocycles. The number of nitrogens with one attached hydrogen (secondary N) is 1. The van der Waals surface area contributed by atoms with Crippen LogP contribution in [0.3, 0.4) is 0 Å². The molecule has 3 rings (SSSR count). The lowest BCUT2D eigenvalue weighted by Gasteiger charge is -2.05. The fraction of sp³-hybridized carbons (Fsp3) is 0. The summed E-state index contributed by atoms with van der Waals surface area (Å²) in [7, 11) is 0. The summed E-state index contributed by atoms with van der Waals surface area (Å²) in [5.74, 6) is 0.979. The SMILES string of the molecule is Nc1nc(Cl)cc(Oc2ccc3cn[nH]c3c2)n1. The Hall–Kier alpha value is -2.34. The van der Waals surface area contributed by atoms with E-state index in [2.05, 4.69) is 20.2 Å². The molecule has 0 aliphatic carbocycles. The molecule has 6 nitrogen and oxygen atoms in total. The number of hydrogen-bond acceptors (Lipinski definition) is 5. The molecule has 0 fully saturated rings. The number of fused-ring (bicyclic) bond motifs is 1. The Morgan fingerprint density at radius 2 is 2.11 bits per heavy atom. The van der Waals surface area contributed by atoms with Crippen molar-refractivity contribution >= 4 is 28.5 Å². The molecule has 1 aromatic carbocycles. The number of nitrogens with two attached hydrogens (primary N) is 1. The van der Waals surface area contributed by atoms with Gasteiger partial charge >= 0.3 is 0 Å². The summed E-state index contributed by atoms with van der Waals surface area (Å²) in [4.78, 5) is 7.68. The molecule has 0 aliphatic heterocycles. The van der Waals surface area contributed by atoms with E-state index < -0.39 is 0 Å². The molecule has 0 bridgehead atoms. The lowest BCUT2D eigenvalue weighted by Crippen LogP contribution is -1.97. The minimum absolute atomic E-state index is 0.0696. The van der Waals surface area contributed by atoms with E-state index in [9.17, 15) is 0 Å². The van der Waals surface area contributed by atoms with Crippen LogP contribution < -0.4 is 10.5 Å². The number of rotatable bonds is 2. The first-order chi connectivity index (χ1) is 8.70. The van der Waals surface area contributed by atoms with E-state index in [4.69, 9.17) is 22.1 Å². The Bertz CT molecular complexity index is 691. The Kier molecular flexibility index (Phi) is 2.49. The molecule has 0 saturated carbocycles. The predicted molar refractivity (Wildman–Crippen MR) is 67.6 cm³/mol. The van der Waals surface area contributed by atoms with Gasteiger partial charge in [0, 0.05) is 17.5 Å². The summed E-state index contributed by atoms with van der Waals surface area (Å²) >= 11 is 5.77. The second kappa shape index (κ2) is 4.15. The van der Waals surface area contributed by atoms with Crippen molar-refractivity contribution in [2.75, 3.05) is 5.73 Å². The molecule has 2 heterocycles. The number of H-pyrrole nitrogens is 1. The Morgan fingerprint density at radius 3 is 2.94 bits per heavy atom. The first-order valence-electron chi connectivity index (χ1n) is 5.12. The zero-order valence-electron chi connectivity index (χ0n) is 9.09. The minimum Gasteiger partial charge on any atom is -0.439 e. The van der Waals surface area contributed by atoms with Crippen LogP contribution in [0.5, 0.6) is 11.6 Å². The number of hydrogen-bond donors (Lipinski definition) is 2. The van der Waals surface area contributed by atoms with Crippen LogP contribution in [0.4, 0.5) is 5.95 Å². The highest BCUT2D eigenvalue weighted by Gasteiger charge is 2.04. The number of benzene rings is 1. The van der Waals surface area contributed by atoms with Gasteiger partial charge in [-0.25, -0.2) is 4.98 Å². The maximum atomic E-state index is 5.77. The Morgan fingerprint density at radius 1 is 1.22 bits per heavy atom. The summed E-state index contributed by atoms with van der Waals surface area (Å²) < 4.78 is 5.55. The number of nitrogen functional groups attached to an aromatic ring is 1. The second-order valence-corrected chi connectivity index (χ2v) is 4.00. The van der Waals surface area contributed by atoms with Crippen molar-refractivity contribution in [2.24, 2.45) is 0 Å². The lowest BCUT2D eigenvalue weighted by molar-refractivity contribution is 0.463. The zero-order valence-corrected chi connectivity index (χ0v) is 9.85. The van der Waals surface area contributed by atoms with Crippen molar-refractivity contribution in [3.63, 3.8) is 0 Å². The maximum Gasteiger partial charge on any atom is 0.225 e. The molecule has 7 heteroatoms. The lowest BCUT2D eigenvalue weighted by atomic mass is 10.2. The molecule has 90 valence electrons. The zero-order chi connectivity index (χ0) is 12.5. The molecule has 2 aromatic heterocycles. The van der Waals surface area contributed by atoms with Gasteiger partial charge in [-0.05, 0) is 12.1 Å². The van der Waals surface area contributed by atoms with Gasteiger partial charge in [0.15, 0.2) is 0 Å². The normalized spacial score (nSPS) is 10.7. The van der Waals surface area contributed by atoms with E-state index in [1.165, 1.54) is 6.07 Å². The second-order valence-electron chi connectivity index (χ2n) is 3.61. The fourth-order valence-electron chi connectivity index (χ4n) is 1.57. The van der Waals surface area contributed by atoms with Gasteiger partial charge in [0.2, 0.25) is 11.8 Å². The van der Waals surface area contributed by atoms with Crippen LogP contribution in [0, 0.1) is 0 Å². The standard InChI is InChI=1S/C11H8ClN5O/c12-9-4-10(16-11(13)15-9)18-7-2-1-6-5-14-17-8(6)3-7/h1-5H,(H,14,17)(H2,13,15,16). The van der Waals surface area contributed by atoms with Crippen molar-refractivity contribution < 1.29 is 4.74 Å². The van der Waals surface area contributed by atoms with E-state index in [1.807, 2.05) is 18.2 Å². The molecule has 3 N–H and O–H groups in total. The van der Waals surface area contributed by atoms with E-state index in [0.717, 1.165) is 10.9 Å². The summed E-state index contributed by atoms with van der Waals surface area (Å²) in [5, 5.41) is 8.02. The average Bonchev–Trinajstić information content (AvgIpc) is 2.74. The minimum atomic E-state index is 0.0696. The van der Waals surface area contributed by atoms with Gasteiger partial charge in [0.25, 0.3) is 0 Å². The monoisotopic (exact) mass is 261 g/mol. The van der Waals surface area contributed by atoms with Crippen molar-refractivity contribution in [3.05, 3.63) is 35.6 Å². The van der Waals surface area contributed by atoms with Crippen LogP contribution in [0.15, 0.2) is 30.5 Å². The highest BCUT2D eigenvalue weighted by atomic mass is 35.5. The van der Waals surface area contributed by atoms with Crippen LogP contribution in [0.1, 0.15) is 0 Å². The van der Waals surface area contributed by atoms with Gasteiger partial charge in [-0.1, -0.05) is 11.6 Å². The van der Waals surface area contributed by atoms with E-state index in [0.29, 0.717) is 11.6 Å². The van der Waals surface area contributed by atoms with Gasteiger partial charge in [-0.3, -0.25) is 5.10 Å². The highest BCUT2D eigenvalue weighted by Crippen LogP contribution is 2.24. The van der Waals surface area contributed by atoms with Gasteiger partial charge in [0.1, 0.15) is 10.9 Å². The van der Waals surface area contributed by atoms with E-state index >= 15 is 0 Å². The summed E-state index contributed by atoms with van der Waals surface area (Å²) in [6, 6.07) is 7.01. The van der Waals surface area contributed by atoms with Gasteiger partial charge < -0.3 is 10.5 Å². The largest absolute Gasteiger partial charge is 0.439 e. The van der Waals surface area contributed by atoms with Gasteiger partial charge in [-0.2, -0.15) is 10.1 Å². The average molecular weight is 262 g/mol. The van der Waals surface area contributed by atoms with Crippen LogP contribution >= 0.6 is 11.6 Å². The number of ether oxygens (including phenoxy) is 1. The van der Waals surface area contributed by atoms with Crippen molar-refractivity contribution in [2.45, 2.75) is 0 Å². The number of halogens is 1. The van der Waals surface area contributed by atoms with Crippen molar-refractivity contribution in [3.8, 4) is 11.6 Å². The van der Waals surface area contributed by atoms with Gasteiger partial charge in [0.05, 0.1) is 11.7 Å². The number of anilines is 1. The maximum absolute atomic E-state index is 5.77. The first-order valence-corrected chi connectivity index (χ1v) is 5.49. The van der Waals surface area contributed by atoms with Crippen molar-refractivity contribution in [1.82, 2.24) is 20.2 Å². The predicted octanol–water partition coefficient (Wildman–Crippen LogP) is 2.38. The number of aromatic amines is 1. The van der Waals surface area contributed by atoms with E-state index in [1.54, 1.807) is 6.20 Å². The third-order valence-electron chi connectivity index (χ3n) is 2.32. The Labute approximate surface area is 107 Å². The summed E-state index contributed by atoms with van der Waals surface area (Å²) in [5.41, 5.74) is 6.36. The highest BCUT2D eigenvalue weighted by molar-refractivity contribution is 6.29. The quantitative estimate of drug-likeness (QED) is 0.691. The van der Waals surface area contributed by atoms with E-state index in [-0.39, 0.29) is 11.1 Å². The molecule has 0 radical (unpaired) electrons. The summed E-state index contributed by atoms with van der Waals surface area (Å²) in [6.45, 7) is 0. The third kappa shape index (κ3) is 2.05. The van der Waals surface area contributed by atoms with Crippen LogP contribution in [0.25, 0.3) is 10.9 Å². The van der Waals surface area contributed by atoms with Gasteiger partial charge in [-0.15, -0.1) is 0 Å². The molecule has 3 aromatic rings. The smallest absolute Gasteiger partial charge is 0.225 e. The number of aromatic nitrogens is 4. The Balaban J connectivity index is 1.95. The first kappa shape index (κ1) is 10.8. The van der Waals surface area contributed by atoms with Crippen LogP contribution in [0.2, 0.25) is 5.15 Å². The molecule has 18 heavy (non-hydrogen) atoms. The van der Waals surface area contributed by atoms with Crippen LogP contribution in [-0.4, -0.2) is 20.2 Å². The molecule has 0 unspecified atom stereocenters. The van der Waals surface area contributed by atoms with Crippen LogP contribution in [-0.2, 0) is 0 Å². The third-order valence-corrected chi connectivity index (χ3v) is 2.52. The molecule has 0 amide bonds. The van der Waals surface area contributed by atoms with Crippen molar-refractivity contribution in [1.29, 1.82) is 0 Å². The molecular weight excluding hydrogens is 254 g/mol.